The van der Waals surface area contributed by atoms with Gasteiger partial charge in [-0.05, 0) is 64.6 Å². The second-order valence-corrected chi connectivity index (χ2v) is 16.8. The van der Waals surface area contributed by atoms with E-state index in [1.165, 1.54) is 32.0 Å². The third kappa shape index (κ3) is 8.81. The molecule has 0 saturated heterocycles. The summed E-state index contributed by atoms with van der Waals surface area (Å²) in [5.74, 6) is 0.286. The van der Waals surface area contributed by atoms with Gasteiger partial charge in [0.15, 0.2) is 5.78 Å². The van der Waals surface area contributed by atoms with Gasteiger partial charge in [0.05, 0.1) is 5.69 Å². The first kappa shape index (κ1) is 42.1. The average Bonchev–Trinajstić information content (AvgIpc) is 3.74. The van der Waals surface area contributed by atoms with Crippen LogP contribution in [-0.4, -0.2) is 20.9 Å². The Kier molecular flexibility index (Phi) is 14.7. The monoisotopic (exact) mass is 906 g/mol. The molecule has 5 aromatic rings. The standard InChI is InChI=1S/C27H25N2S3.C15H28O2.Ir/c1-5-7-17-14-32-21-9-6-8-19(22(17)21)24-25(30)23(28-15-29-24)18-12-16-10-11-31-26(16)20(13-18)27(2,3)4;1-7-14(5,8-2)12(16)11-13(17)15(6,9-3)10-4;/h6,8-11,13-15,30H,5,7H2,1-4H3;11,16H,7-10H2,1-6H3;/q-1;;/b;12-11-;. The maximum Gasteiger partial charge on any atom is 0.164 e. The van der Waals surface area contributed by atoms with Crippen LogP contribution in [0.1, 0.15) is 112 Å². The van der Waals surface area contributed by atoms with Crippen molar-refractivity contribution in [2.45, 2.75) is 118 Å². The summed E-state index contributed by atoms with van der Waals surface area (Å²) in [4.78, 5) is 22.3. The van der Waals surface area contributed by atoms with Crippen molar-refractivity contribution >= 4 is 61.3 Å². The smallest absolute Gasteiger partial charge is 0.164 e. The SMILES string of the molecule is CCC(C)(CC)C(=O)/C=C(\O)C(C)(CC)CC.CCCc1csc2cccc(-c3ncnc(-c4[c-]c5ccsc5c(C(C)(C)C)c4)c3S)c12.[Ir]. The number of ketones is 1. The molecule has 0 atom stereocenters. The molecular formula is C42H53IrN2O2S3-. The van der Waals surface area contributed by atoms with Crippen LogP contribution in [0.2, 0.25) is 0 Å². The molecule has 3 heterocycles. The fourth-order valence-corrected chi connectivity index (χ4v) is 8.41. The van der Waals surface area contributed by atoms with Gasteiger partial charge in [-0.25, -0.2) is 4.98 Å². The number of hydrogen-bond donors (Lipinski definition) is 2. The van der Waals surface area contributed by atoms with Gasteiger partial charge in [-0.15, -0.1) is 47.6 Å². The Morgan fingerprint density at radius 1 is 0.920 bits per heavy atom. The van der Waals surface area contributed by atoms with Crippen molar-refractivity contribution in [3.63, 3.8) is 0 Å². The summed E-state index contributed by atoms with van der Waals surface area (Å²) in [7, 11) is 0. The molecule has 0 unspecified atom stereocenters. The molecule has 0 bridgehead atoms. The molecule has 0 fully saturated rings. The van der Waals surface area contributed by atoms with Crippen molar-refractivity contribution in [2.75, 3.05) is 0 Å². The third-order valence-corrected chi connectivity index (χ3v) is 12.8. The van der Waals surface area contributed by atoms with Crippen LogP contribution in [0, 0.1) is 16.9 Å². The summed E-state index contributed by atoms with van der Waals surface area (Å²) in [5, 5.41) is 17.0. The Labute approximate surface area is 327 Å². The number of aromatic nitrogens is 2. The topological polar surface area (TPSA) is 63.1 Å². The number of carbonyl (C=O) groups is 1. The molecule has 0 aliphatic rings. The molecule has 2 aromatic carbocycles. The van der Waals surface area contributed by atoms with Crippen LogP contribution in [0.15, 0.2) is 64.1 Å². The summed E-state index contributed by atoms with van der Waals surface area (Å²) in [6.45, 7) is 21.1. The van der Waals surface area contributed by atoms with Crippen LogP contribution in [0.25, 0.3) is 42.7 Å². The number of rotatable bonds is 11. The van der Waals surface area contributed by atoms with Crippen molar-refractivity contribution in [3.8, 4) is 22.5 Å². The van der Waals surface area contributed by atoms with Gasteiger partial charge in [0.2, 0.25) is 0 Å². The number of aliphatic hydroxyl groups excluding tert-OH is 1. The number of allylic oxidation sites excluding steroid dienone is 2. The summed E-state index contributed by atoms with van der Waals surface area (Å²) in [6.07, 6.45) is 8.60. The molecule has 1 N–H and O–H groups in total. The average molecular weight is 906 g/mol. The fourth-order valence-electron chi connectivity index (χ4n) is 5.95. The van der Waals surface area contributed by atoms with E-state index in [0.717, 1.165) is 71.3 Å². The molecule has 1 radical (unpaired) electrons. The zero-order chi connectivity index (χ0) is 36.1. The molecule has 8 heteroatoms. The van der Waals surface area contributed by atoms with Gasteiger partial charge in [0.25, 0.3) is 0 Å². The minimum absolute atomic E-state index is 0. The van der Waals surface area contributed by atoms with Gasteiger partial charge in [0, 0.05) is 63.3 Å². The molecule has 4 nitrogen and oxygen atoms in total. The van der Waals surface area contributed by atoms with E-state index in [9.17, 15) is 9.90 Å². The summed E-state index contributed by atoms with van der Waals surface area (Å²) < 4.78 is 2.59. The molecule has 50 heavy (non-hydrogen) atoms. The van der Waals surface area contributed by atoms with Crippen molar-refractivity contribution in [1.82, 2.24) is 9.97 Å². The van der Waals surface area contributed by atoms with Crippen molar-refractivity contribution in [1.29, 1.82) is 0 Å². The van der Waals surface area contributed by atoms with Crippen LogP contribution in [-0.2, 0) is 36.7 Å². The Bertz CT molecular complexity index is 1940. The number of aryl methyl sites for hydroxylation is 1. The van der Waals surface area contributed by atoms with Gasteiger partial charge in [-0.3, -0.25) is 9.78 Å². The van der Waals surface area contributed by atoms with E-state index in [1.54, 1.807) is 29.0 Å². The Balaban J connectivity index is 0.000000323. The Morgan fingerprint density at radius 2 is 1.56 bits per heavy atom. The van der Waals surface area contributed by atoms with Gasteiger partial charge in [-0.1, -0.05) is 98.9 Å². The zero-order valence-corrected chi connectivity index (χ0v) is 36.2. The maximum atomic E-state index is 12.2. The molecule has 3 aromatic heterocycles. The zero-order valence-electron chi connectivity index (χ0n) is 31.3. The molecule has 271 valence electrons. The van der Waals surface area contributed by atoms with Crippen LogP contribution < -0.4 is 0 Å². The summed E-state index contributed by atoms with van der Waals surface area (Å²) in [6, 6.07) is 14.4. The molecular weight excluding hydrogens is 853 g/mol. The predicted molar refractivity (Wildman–Crippen MR) is 216 cm³/mol. The quantitative estimate of drug-likeness (QED) is 0.0600. The summed E-state index contributed by atoms with van der Waals surface area (Å²) >= 11 is 8.55. The Morgan fingerprint density at radius 3 is 2.16 bits per heavy atom. The van der Waals surface area contributed by atoms with E-state index < -0.39 is 0 Å². The van der Waals surface area contributed by atoms with Gasteiger partial charge >= 0.3 is 0 Å². The van der Waals surface area contributed by atoms with E-state index >= 15 is 0 Å². The molecule has 0 amide bonds. The second-order valence-electron chi connectivity index (χ2n) is 14.5. The van der Waals surface area contributed by atoms with Crippen molar-refractivity contribution in [2.24, 2.45) is 10.8 Å². The molecule has 0 aliphatic heterocycles. The minimum atomic E-state index is -0.337. The molecule has 0 aliphatic carbocycles. The van der Waals surface area contributed by atoms with E-state index in [-0.39, 0.29) is 47.9 Å². The Hall–Kier alpha value is -2.35. The largest absolute Gasteiger partial charge is 0.512 e. The minimum Gasteiger partial charge on any atom is -0.512 e. The van der Waals surface area contributed by atoms with Crippen LogP contribution in [0.5, 0.6) is 0 Å². The van der Waals surface area contributed by atoms with Gasteiger partial charge in [0.1, 0.15) is 12.1 Å². The van der Waals surface area contributed by atoms with E-state index in [0.29, 0.717) is 0 Å². The van der Waals surface area contributed by atoms with E-state index in [2.05, 4.69) is 79.8 Å². The number of fused-ring (bicyclic) bond motifs is 2. The van der Waals surface area contributed by atoms with Crippen molar-refractivity contribution in [3.05, 3.63) is 76.4 Å². The fraction of sp³-hybridized carbons (Fsp3) is 0.452. The predicted octanol–water partition coefficient (Wildman–Crippen LogP) is 13.2. The maximum absolute atomic E-state index is 12.2. The number of benzene rings is 2. The van der Waals surface area contributed by atoms with Crippen LogP contribution in [0.4, 0.5) is 0 Å². The number of thiophene rings is 2. The third-order valence-electron chi connectivity index (χ3n) is 10.4. The first-order valence-corrected chi connectivity index (χ1v) is 19.8. The van der Waals surface area contributed by atoms with Crippen LogP contribution >= 0.6 is 35.3 Å². The van der Waals surface area contributed by atoms with Gasteiger partial charge in [-0.2, -0.15) is 11.3 Å². The second kappa shape index (κ2) is 17.4. The first-order chi connectivity index (χ1) is 23.2. The number of carbonyl (C=O) groups excluding carboxylic acids is 1. The van der Waals surface area contributed by atoms with E-state index in [4.69, 9.17) is 17.6 Å². The number of aliphatic hydroxyl groups is 1. The number of hydrogen-bond acceptors (Lipinski definition) is 7. The van der Waals surface area contributed by atoms with Gasteiger partial charge < -0.3 is 5.11 Å². The number of nitrogens with zero attached hydrogens (tertiary/aromatic N) is 2. The van der Waals surface area contributed by atoms with Crippen LogP contribution in [0.3, 0.4) is 0 Å². The normalized spacial score (nSPS) is 12.5. The number of thiol groups is 1. The molecule has 5 rings (SSSR count). The van der Waals surface area contributed by atoms with E-state index in [1.807, 2.05) is 41.5 Å². The first-order valence-electron chi connectivity index (χ1n) is 17.6. The summed E-state index contributed by atoms with van der Waals surface area (Å²) in [5.41, 5.74) is 5.95. The van der Waals surface area contributed by atoms with Crippen molar-refractivity contribution < 1.29 is 30.0 Å². The molecule has 0 spiro atoms. The molecule has 0 saturated carbocycles.